The number of hydrogen-bond donors (Lipinski definition) is 1. The smallest absolute Gasteiger partial charge is 0.130 e. The zero-order chi connectivity index (χ0) is 11.3. The molecule has 0 radical (unpaired) electrons. The van der Waals surface area contributed by atoms with Crippen LogP contribution in [0.4, 0.5) is 5.82 Å². The van der Waals surface area contributed by atoms with Gasteiger partial charge >= 0.3 is 0 Å². The molecule has 1 heterocycles. The first kappa shape index (κ1) is 12.2. The third-order valence-electron chi connectivity index (χ3n) is 1.81. The highest BCUT2D eigenvalue weighted by Crippen LogP contribution is 2.11. The lowest BCUT2D eigenvalue weighted by molar-refractivity contribution is 0.988. The largest absolute Gasteiger partial charge is 0.370 e. The molecule has 1 aromatic rings. The van der Waals surface area contributed by atoms with Crippen LogP contribution in [0.3, 0.4) is 0 Å². The highest BCUT2D eigenvalue weighted by molar-refractivity contribution is 9.10. The highest BCUT2D eigenvalue weighted by Gasteiger charge is 1.97. The average molecular weight is 270 g/mol. The van der Waals surface area contributed by atoms with Crippen molar-refractivity contribution in [3.63, 3.8) is 0 Å². The van der Waals surface area contributed by atoms with Gasteiger partial charge in [-0.05, 0) is 43.1 Å². The van der Waals surface area contributed by atoms with Crippen molar-refractivity contribution in [1.29, 1.82) is 0 Å². The van der Waals surface area contributed by atoms with Crippen molar-refractivity contribution in [2.24, 2.45) is 0 Å². The van der Waals surface area contributed by atoms with Crippen molar-refractivity contribution in [2.75, 3.05) is 11.9 Å². The fourth-order valence-electron chi connectivity index (χ4n) is 1.18. The average Bonchev–Trinajstić information content (AvgIpc) is 2.10. The molecule has 82 valence electrons. The molecule has 0 bridgehead atoms. The van der Waals surface area contributed by atoms with E-state index in [1.807, 2.05) is 13.0 Å². The van der Waals surface area contributed by atoms with Crippen LogP contribution in [0.2, 0.25) is 0 Å². The van der Waals surface area contributed by atoms with Crippen LogP contribution in [-0.2, 0) is 0 Å². The standard InChI is InChI=1S/C11H16BrN3/c1-8(2)5-4-6-13-11-7-10(12)14-9(3)15-11/h5,7H,4,6H2,1-3H3,(H,13,14,15). The fraction of sp³-hybridized carbons (Fsp3) is 0.455. The second kappa shape index (κ2) is 5.85. The van der Waals surface area contributed by atoms with E-state index in [1.165, 1.54) is 5.57 Å². The van der Waals surface area contributed by atoms with Crippen molar-refractivity contribution in [3.8, 4) is 0 Å². The summed E-state index contributed by atoms with van der Waals surface area (Å²) in [7, 11) is 0. The summed E-state index contributed by atoms with van der Waals surface area (Å²) < 4.78 is 0.819. The van der Waals surface area contributed by atoms with Gasteiger partial charge in [-0.15, -0.1) is 0 Å². The topological polar surface area (TPSA) is 37.8 Å². The number of aromatic nitrogens is 2. The third kappa shape index (κ3) is 4.93. The summed E-state index contributed by atoms with van der Waals surface area (Å²) >= 11 is 3.34. The number of anilines is 1. The summed E-state index contributed by atoms with van der Waals surface area (Å²) in [6.45, 7) is 6.98. The van der Waals surface area contributed by atoms with Crippen LogP contribution < -0.4 is 5.32 Å². The monoisotopic (exact) mass is 269 g/mol. The van der Waals surface area contributed by atoms with Crippen LogP contribution in [0, 0.1) is 6.92 Å². The van der Waals surface area contributed by atoms with Gasteiger partial charge < -0.3 is 5.32 Å². The maximum atomic E-state index is 4.28. The Morgan fingerprint density at radius 3 is 2.80 bits per heavy atom. The lowest BCUT2D eigenvalue weighted by Crippen LogP contribution is -2.04. The molecule has 3 nitrogen and oxygen atoms in total. The van der Waals surface area contributed by atoms with Gasteiger partial charge in [-0.2, -0.15) is 0 Å². The number of nitrogens with one attached hydrogen (secondary N) is 1. The summed E-state index contributed by atoms with van der Waals surface area (Å²) in [4.78, 5) is 8.42. The molecule has 0 spiro atoms. The molecule has 1 rings (SSSR count). The molecule has 1 N–H and O–H groups in total. The third-order valence-corrected chi connectivity index (χ3v) is 2.22. The van der Waals surface area contributed by atoms with E-state index in [9.17, 15) is 0 Å². The Kier molecular flexibility index (Phi) is 4.75. The normalized spacial score (nSPS) is 9.87. The molecule has 0 aliphatic carbocycles. The van der Waals surface area contributed by atoms with Crippen molar-refractivity contribution in [3.05, 3.63) is 28.1 Å². The maximum Gasteiger partial charge on any atom is 0.130 e. The van der Waals surface area contributed by atoms with E-state index in [4.69, 9.17) is 0 Å². The predicted octanol–water partition coefficient (Wildman–Crippen LogP) is 3.32. The predicted molar refractivity (Wildman–Crippen MR) is 67.0 cm³/mol. The fourth-order valence-corrected chi connectivity index (χ4v) is 1.66. The number of nitrogens with zero attached hydrogens (tertiary/aromatic N) is 2. The quantitative estimate of drug-likeness (QED) is 0.518. The van der Waals surface area contributed by atoms with E-state index in [0.717, 1.165) is 29.2 Å². The summed E-state index contributed by atoms with van der Waals surface area (Å²) in [5.74, 6) is 1.64. The van der Waals surface area contributed by atoms with E-state index in [2.05, 4.69) is 51.1 Å². The van der Waals surface area contributed by atoms with E-state index in [0.29, 0.717) is 0 Å². The number of rotatable bonds is 4. The van der Waals surface area contributed by atoms with Crippen LogP contribution in [0.25, 0.3) is 0 Å². The molecule has 0 amide bonds. The van der Waals surface area contributed by atoms with Crippen LogP contribution in [0.1, 0.15) is 26.1 Å². The summed E-state index contributed by atoms with van der Waals surface area (Å²) in [5, 5.41) is 3.26. The van der Waals surface area contributed by atoms with Crippen molar-refractivity contribution < 1.29 is 0 Å². The molecule has 15 heavy (non-hydrogen) atoms. The SMILES string of the molecule is CC(C)=CCCNc1cc(Br)nc(C)n1. The number of allylic oxidation sites excluding steroid dienone is 1. The zero-order valence-corrected chi connectivity index (χ0v) is 10.9. The van der Waals surface area contributed by atoms with Gasteiger partial charge in [0, 0.05) is 12.6 Å². The van der Waals surface area contributed by atoms with Crippen LogP contribution in [0.15, 0.2) is 22.3 Å². The lowest BCUT2D eigenvalue weighted by Gasteiger charge is -2.04. The van der Waals surface area contributed by atoms with Crippen LogP contribution in [0.5, 0.6) is 0 Å². The first-order valence-corrected chi connectivity index (χ1v) is 5.75. The minimum atomic E-state index is 0.772. The molecular formula is C11H16BrN3. The molecule has 1 aromatic heterocycles. The molecule has 0 saturated heterocycles. The van der Waals surface area contributed by atoms with Gasteiger partial charge in [0.2, 0.25) is 0 Å². The Hall–Kier alpha value is -0.900. The van der Waals surface area contributed by atoms with Crippen LogP contribution in [-0.4, -0.2) is 16.5 Å². The first-order chi connectivity index (χ1) is 7.08. The summed E-state index contributed by atoms with van der Waals surface area (Å²) in [5.41, 5.74) is 1.34. The maximum absolute atomic E-state index is 4.28. The molecule has 0 aromatic carbocycles. The Balaban J connectivity index is 2.47. The summed E-state index contributed by atoms with van der Waals surface area (Å²) in [6.07, 6.45) is 3.22. The molecule has 0 aliphatic rings. The highest BCUT2D eigenvalue weighted by atomic mass is 79.9. The van der Waals surface area contributed by atoms with E-state index in [-0.39, 0.29) is 0 Å². The molecule has 0 fully saturated rings. The molecule has 4 heteroatoms. The Morgan fingerprint density at radius 1 is 1.47 bits per heavy atom. The van der Waals surface area contributed by atoms with Crippen molar-refractivity contribution in [1.82, 2.24) is 9.97 Å². The molecule has 0 atom stereocenters. The van der Waals surface area contributed by atoms with Crippen LogP contribution >= 0.6 is 15.9 Å². The second-order valence-electron chi connectivity index (χ2n) is 3.62. The Labute approximate surface area is 99.2 Å². The Bertz CT molecular complexity index is 337. The van der Waals surface area contributed by atoms with E-state index in [1.54, 1.807) is 0 Å². The van der Waals surface area contributed by atoms with Gasteiger partial charge in [-0.1, -0.05) is 11.6 Å². The van der Waals surface area contributed by atoms with E-state index < -0.39 is 0 Å². The van der Waals surface area contributed by atoms with Crippen molar-refractivity contribution >= 4 is 21.7 Å². The zero-order valence-electron chi connectivity index (χ0n) is 9.34. The van der Waals surface area contributed by atoms with Gasteiger partial charge in [0.1, 0.15) is 16.2 Å². The van der Waals surface area contributed by atoms with Gasteiger partial charge in [0.25, 0.3) is 0 Å². The number of hydrogen-bond acceptors (Lipinski definition) is 3. The molecule has 0 saturated carbocycles. The Morgan fingerprint density at radius 2 is 2.20 bits per heavy atom. The molecular weight excluding hydrogens is 254 g/mol. The van der Waals surface area contributed by atoms with Gasteiger partial charge in [0.15, 0.2) is 0 Å². The van der Waals surface area contributed by atoms with Gasteiger partial charge in [-0.3, -0.25) is 0 Å². The van der Waals surface area contributed by atoms with Crippen molar-refractivity contribution in [2.45, 2.75) is 27.2 Å². The van der Waals surface area contributed by atoms with E-state index >= 15 is 0 Å². The molecule has 0 aliphatic heterocycles. The van der Waals surface area contributed by atoms with Gasteiger partial charge in [0.05, 0.1) is 0 Å². The second-order valence-corrected chi connectivity index (χ2v) is 4.43. The molecule has 0 unspecified atom stereocenters. The lowest BCUT2D eigenvalue weighted by atomic mass is 10.3. The first-order valence-electron chi connectivity index (χ1n) is 4.96. The summed E-state index contributed by atoms with van der Waals surface area (Å²) in [6, 6.07) is 1.88. The number of halogens is 1. The minimum absolute atomic E-state index is 0.772. The number of aryl methyl sites for hydroxylation is 1. The minimum Gasteiger partial charge on any atom is -0.370 e. The van der Waals surface area contributed by atoms with Gasteiger partial charge in [-0.25, -0.2) is 9.97 Å².